The van der Waals surface area contributed by atoms with Crippen molar-refractivity contribution in [1.82, 2.24) is 4.98 Å². The number of aromatic nitrogens is 1. The number of non-ortho nitro benzene ring substituents is 1. The van der Waals surface area contributed by atoms with Crippen molar-refractivity contribution >= 4 is 39.9 Å². The first-order valence-corrected chi connectivity index (χ1v) is 8.46. The molecule has 3 aromatic rings. The van der Waals surface area contributed by atoms with E-state index in [2.05, 4.69) is 11.1 Å². The molecule has 0 bridgehead atoms. The molecule has 0 atom stereocenters. The van der Waals surface area contributed by atoms with Crippen molar-refractivity contribution in [2.24, 2.45) is 0 Å². The molecule has 2 heterocycles. The van der Waals surface area contributed by atoms with Gasteiger partial charge in [0.2, 0.25) is 0 Å². The lowest BCUT2D eigenvalue weighted by atomic mass is 10.2. The van der Waals surface area contributed by atoms with E-state index in [-0.39, 0.29) is 5.69 Å². The van der Waals surface area contributed by atoms with Gasteiger partial charge < -0.3 is 4.90 Å². The Labute approximate surface area is 135 Å². The van der Waals surface area contributed by atoms with Crippen LogP contribution >= 0.6 is 22.7 Å². The fraction of sp³-hybridized carbons (Fsp3) is 0.133. The van der Waals surface area contributed by atoms with Gasteiger partial charge in [-0.2, -0.15) is 0 Å². The maximum atomic E-state index is 10.7. The number of nitro groups is 1. The van der Waals surface area contributed by atoms with Crippen LogP contribution in [0.2, 0.25) is 0 Å². The van der Waals surface area contributed by atoms with Gasteiger partial charge in [0.15, 0.2) is 0 Å². The Bertz CT molecular complexity index is 766. The van der Waals surface area contributed by atoms with Crippen LogP contribution in [0, 0.1) is 10.1 Å². The zero-order valence-electron chi connectivity index (χ0n) is 11.8. The molecule has 0 amide bonds. The average molecular weight is 331 g/mol. The Kier molecular flexibility index (Phi) is 4.17. The number of hydrogen-bond donors (Lipinski definition) is 0. The molecule has 0 N–H and O–H groups in total. The van der Waals surface area contributed by atoms with Gasteiger partial charge in [-0.05, 0) is 30.5 Å². The highest BCUT2D eigenvalue weighted by Gasteiger charge is 2.14. The SMILES string of the molecule is CCN(c1ccc([N+](=O)[O-])cc1)c1csc(-c2cccs2)n1. The predicted octanol–water partition coefficient (Wildman–Crippen LogP) is 4.94. The van der Waals surface area contributed by atoms with Crippen molar-refractivity contribution in [2.45, 2.75) is 6.92 Å². The summed E-state index contributed by atoms with van der Waals surface area (Å²) in [6, 6.07) is 10.6. The van der Waals surface area contributed by atoms with Crippen molar-refractivity contribution in [3.63, 3.8) is 0 Å². The summed E-state index contributed by atoms with van der Waals surface area (Å²) in [6.07, 6.45) is 0. The number of thiazole rings is 1. The molecule has 0 aliphatic carbocycles. The molecule has 7 heteroatoms. The van der Waals surface area contributed by atoms with Crippen LogP contribution in [-0.4, -0.2) is 16.5 Å². The molecule has 2 aromatic heterocycles. The van der Waals surface area contributed by atoms with Gasteiger partial charge in [0.1, 0.15) is 10.8 Å². The molecule has 1 aromatic carbocycles. The van der Waals surface area contributed by atoms with Crippen molar-refractivity contribution < 1.29 is 4.92 Å². The summed E-state index contributed by atoms with van der Waals surface area (Å²) in [7, 11) is 0. The van der Waals surface area contributed by atoms with E-state index in [1.807, 2.05) is 28.7 Å². The Balaban J connectivity index is 1.89. The van der Waals surface area contributed by atoms with Crippen molar-refractivity contribution in [2.75, 3.05) is 11.4 Å². The summed E-state index contributed by atoms with van der Waals surface area (Å²) in [5, 5.41) is 15.8. The maximum Gasteiger partial charge on any atom is 0.269 e. The third kappa shape index (κ3) is 2.86. The van der Waals surface area contributed by atoms with Gasteiger partial charge in [0.05, 0.1) is 9.80 Å². The topological polar surface area (TPSA) is 59.3 Å². The molecule has 0 fully saturated rings. The van der Waals surface area contributed by atoms with Crippen LogP contribution in [0.25, 0.3) is 9.88 Å². The number of hydrogen-bond acceptors (Lipinski definition) is 6. The van der Waals surface area contributed by atoms with E-state index in [4.69, 9.17) is 0 Å². The Morgan fingerprint density at radius 3 is 2.59 bits per heavy atom. The van der Waals surface area contributed by atoms with E-state index in [1.165, 1.54) is 12.1 Å². The summed E-state index contributed by atoms with van der Waals surface area (Å²) in [6.45, 7) is 2.77. The van der Waals surface area contributed by atoms with E-state index >= 15 is 0 Å². The molecule has 0 saturated heterocycles. The molecule has 0 aliphatic heterocycles. The fourth-order valence-corrected chi connectivity index (χ4v) is 3.76. The quantitative estimate of drug-likeness (QED) is 0.491. The summed E-state index contributed by atoms with van der Waals surface area (Å²) in [5.74, 6) is 0.866. The number of anilines is 2. The molecule has 0 unspecified atom stereocenters. The minimum Gasteiger partial charge on any atom is -0.326 e. The highest BCUT2D eigenvalue weighted by molar-refractivity contribution is 7.20. The van der Waals surface area contributed by atoms with Crippen molar-refractivity contribution in [3.05, 3.63) is 57.3 Å². The number of thiophene rings is 1. The molecular formula is C15H13N3O2S2. The van der Waals surface area contributed by atoms with Crippen LogP contribution in [0.15, 0.2) is 47.2 Å². The monoisotopic (exact) mass is 331 g/mol. The fourth-order valence-electron chi connectivity index (χ4n) is 2.13. The van der Waals surface area contributed by atoms with Crippen LogP contribution < -0.4 is 4.90 Å². The van der Waals surface area contributed by atoms with Gasteiger partial charge >= 0.3 is 0 Å². The largest absolute Gasteiger partial charge is 0.326 e. The first-order valence-electron chi connectivity index (χ1n) is 6.70. The number of nitrogens with zero attached hydrogens (tertiary/aromatic N) is 3. The summed E-state index contributed by atoms with van der Waals surface area (Å²) >= 11 is 3.27. The third-order valence-corrected chi connectivity index (χ3v) is 5.06. The van der Waals surface area contributed by atoms with Gasteiger partial charge in [-0.15, -0.1) is 22.7 Å². The third-order valence-electron chi connectivity index (χ3n) is 3.19. The number of rotatable bonds is 5. The Hall–Kier alpha value is -2.25. The zero-order valence-corrected chi connectivity index (χ0v) is 13.4. The second-order valence-electron chi connectivity index (χ2n) is 4.51. The van der Waals surface area contributed by atoms with Gasteiger partial charge in [-0.25, -0.2) is 4.98 Å². The van der Waals surface area contributed by atoms with Crippen LogP contribution in [0.1, 0.15) is 6.92 Å². The molecule has 0 spiro atoms. The minimum absolute atomic E-state index is 0.0948. The molecule has 0 radical (unpaired) electrons. The number of nitro benzene ring substituents is 1. The summed E-state index contributed by atoms with van der Waals surface area (Å²) < 4.78 is 0. The van der Waals surface area contributed by atoms with Gasteiger partial charge in [-0.1, -0.05) is 6.07 Å². The van der Waals surface area contributed by atoms with Crippen molar-refractivity contribution in [3.8, 4) is 9.88 Å². The zero-order chi connectivity index (χ0) is 15.5. The van der Waals surface area contributed by atoms with Crippen LogP contribution in [0.4, 0.5) is 17.2 Å². The Morgan fingerprint density at radius 2 is 2.00 bits per heavy atom. The first kappa shape index (κ1) is 14.7. The lowest BCUT2D eigenvalue weighted by molar-refractivity contribution is -0.384. The van der Waals surface area contributed by atoms with E-state index < -0.39 is 4.92 Å². The lowest BCUT2D eigenvalue weighted by Crippen LogP contribution is -2.16. The minimum atomic E-state index is -0.391. The van der Waals surface area contributed by atoms with Crippen LogP contribution in [0.5, 0.6) is 0 Å². The Morgan fingerprint density at radius 1 is 1.23 bits per heavy atom. The lowest BCUT2D eigenvalue weighted by Gasteiger charge is -2.20. The number of benzene rings is 1. The highest BCUT2D eigenvalue weighted by Crippen LogP contribution is 2.33. The van der Waals surface area contributed by atoms with Gasteiger partial charge in [-0.3, -0.25) is 10.1 Å². The predicted molar refractivity (Wildman–Crippen MR) is 91.2 cm³/mol. The van der Waals surface area contributed by atoms with Crippen molar-refractivity contribution in [1.29, 1.82) is 0 Å². The van der Waals surface area contributed by atoms with E-state index in [0.717, 1.165) is 27.9 Å². The average Bonchev–Trinajstić information content (AvgIpc) is 3.19. The molecule has 5 nitrogen and oxygen atoms in total. The summed E-state index contributed by atoms with van der Waals surface area (Å²) in [4.78, 5) is 18.2. The summed E-state index contributed by atoms with van der Waals surface area (Å²) in [5.41, 5.74) is 0.994. The first-order chi connectivity index (χ1) is 10.7. The molecule has 112 valence electrons. The second kappa shape index (κ2) is 6.25. The smallest absolute Gasteiger partial charge is 0.269 e. The maximum absolute atomic E-state index is 10.7. The molecule has 3 rings (SSSR count). The second-order valence-corrected chi connectivity index (χ2v) is 6.31. The van der Waals surface area contributed by atoms with Gasteiger partial charge in [0.25, 0.3) is 5.69 Å². The molecule has 22 heavy (non-hydrogen) atoms. The molecule has 0 saturated carbocycles. The van der Waals surface area contributed by atoms with Crippen LogP contribution in [-0.2, 0) is 0 Å². The van der Waals surface area contributed by atoms with E-state index in [0.29, 0.717) is 0 Å². The normalized spacial score (nSPS) is 10.6. The van der Waals surface area contributed by atoms with E-state index in [9.17, 15) is 10.1 Å². The van der Waals surface area contributed by atoms with Crippen LogP contribution in [0.3, 0.4) is 0 Å². The molecule has 0 aliphatic rings. The van der Waals surface area contributed by atoms with Gasteiger partial charge in [0, 0.05) is 29.7 Å². The molecular weight excluding hydrogens is 318 g/mol. The standard InChI is InChI=1S/C15H13N3O2S2/c1-2-17(11-5-7-12(8-6-11)18(19)20)14-10-22-15(16-14)13-4-3-9-21-13/h3-10H,2H2,1H3. The van der Waals surface area contributed by atoms with E-state index in [1.54, 1.807) is 34.8 Å². The highest BCUT2D eigenvalue weighted by atomic mass is 32.1.